The van der Waals surface area contributed by atoms with Gasteiger partial charge in [-0.15, -0.1) is 0 Å². The molecule has 0 N–H and O–H groups in total. The second kappa shape index (κ2) is 9.86. The summed E-state index contributed by atoms with van der Waals surface area (Å²) in [7, 11) is 0. The fourth-order valence-electron chi connectivity index (χ4n) is 5.36. The molecule has 2 aromatic heterocycles. The lowest BCUT2D eigenvalue weighted by molar-refractivity contribution is 1.18. The monoisotopic (exact) mass is 582 g/mol. The Morgan fingerprint density at radius 1 is 0.341 bits per heavy atom. The van der Waals surface area contributed by atoms with Gasteiger partial charge in [0.05, 0.1) is 52.2 Å². The number of fused-ring (bicyclic) bond motifs is 6. The predicted octanol–water partition coefficient (Wildman–Crippen LogP) is 11.2. The zero-order valence-corrected chi connectivity index (χ0v) is 22.4. The van der Waals surface area contributed by atoms with E-state index in [0.717, 1.165) is 9.13 Å². The highest BCUT2D eigenvalue weighted by molar-refractivity contribution is 6.12. The fourth-order valence-corrected chi connectivity index (χ4v) is 5.36. The smallest absolute Gasteiger partial charge is 0.0651 e. The molecule has 0 saturated heterocycles. The summed E-state index contributed by atoms with van der Waals surface area (Å²) in [6, 6.07) is -6.79. The van der Waals surface area contributed by atoms with Gasteiger partial charge in [0.15, 0.2) is 0 Å². The van der Waals surface area contributed by atoms with Crippen LogP contribution in [0.2, 0.25) is 0 Å². The number of benzene rings is 7. The summed E-state index contributed by atoms with van der Waals surface area (Å²) in [5.74, 6) is 0. The van der Waals surface area contributed by atoms with E-state index < -0.39 is 153 Å². The van der Waals surface area contributed by atoms with Crippen LogP contribution in [0.1, 0.15) is 30.2 Å². The van der Waals surface area contributed by atoms with Crippen LogP contribution in [0.15, 0.2) is 169 Å². The van der Waals surface area contributed by atoms with E-state index >= 15 is 0 Å². The number of hydrogen-bond donors (Lipinski definition) is 0. The second-order valence-corrected chi connectivity index (χ2v) is 9.69. The largest absolute Gasteiger partial charge is 0.309 e. The maximum Gasteiger partial charge on any atom is 0.0651 e. The van der Waals surface area contributed by atoms with Gasteiger partial charge in [0.2, 0.25) is 0 Å². The molecule has 0 bridgehead atoms. The first-order valence-electron chi connectivity index (χ1n) is 24.3. The van der Waals surface area contributed by atoms with Crippen LogP contribution in [0, 0.1) is 0 Å². The van der Waals surface area contributed by atoms with Crippen LogP contribution in [-0.4, -0.2) is 9.13 Å². The first-order chi connectivity index (χ1) is 31.0. The van der Waals surface area contributed by atoms with E-state index in [1.165, 1.54) is 36.4 Å². The van der Waals surface area contributed by atoms with Crippen molar-refractivity contribution in [1.82, 2.24) is 9.13 Å². The van der Waals surface area contributed by atoms with Gasteiger partial charge < -0.3 is 9.13 Å². The summed E-state index contributed by atoms with van der Waals surface area (Å²) in [6.45, 7) is 0. The van der Waals surface area contributed by atoms with Crippen molar-refractivity contribution in [2.24, 2.45) is 0 Å². The molecule has 0 amide bonds. The lowest BCUT2D eigenvalue weighted by Crippen LogP contribution is -1.94. The molecule has 206 valence electrons. The van der Waals surface area contributed by atoms with Gasteiger partial charge in [0.25, 0.3) is 0 Å². The Morgan fingerprint density at radius 2 is 0.909 bits per heavy atom. The number of para-hydroxylation sites is 3. The van der Waals surface area contributed by atoms with Crippen LogP contribution in [0.3, 0.4) is 0 Å². The van der Waals surface area contributed by atoms with E-state index in [-0.39, 0.29) is 56.7 Å². The summed E-state index contributed by atoms with van der Waals surface area (Å²) in [5.41, 5.74) is -3.35. The zero-order valence-electron chi connectivity index (χ0n) is 44.4. The molecule has 44 heavy (non-hydrogen) atoms. The molecule has 7 aromatic carbocycles. The van der Waals surface area contributed by atoms with Crippen LogP contribution < -0.4 is 0 Å². The number of hydrogen-bond acceptors (Lipinski definition) is 0. The molecule has 2 heterocycles. The topological polar surface area (TPSA) is 9.86 Å². The van der Waals surface area contributed by atoms with E-state index in [1.54, 1.807) is 0 Å². The Hall–Kier alpha value is -5.86. The predicted molar refractivity (Wildman–Crippen MR) is 186 cm³/mol. The molecule has 0 atom stereocenters. The van der Waals surface area contributed by atoms with Gasteiger partial charge in [-0.25, -0.2) is 0 Å². The van der Waals surface area contributed by atoms with Crippen molar-refractivity contribution in [2.45, 2.75) is 0 Å². The van der Waals surface area contributed by atoms with Crippen molar-refractivity contribution in [1.29, 1.82) is 0 Å². The molecular weight excluding hydrogens is 532 g/mol. The normalized spacial score (nSPS) is 18.6. The Kier molecular flexibility index (Phi) is 2.54. The van der Waals surface area contributed by atoms with Crippen LogP contribution in [0.4, 0.5) is 0 Å². The van der Waals surface area contributed by atoms with Crippen LogP contribution in [-0.2, 0) is 0 Å². The lowest BCUT2D eigenvalue weighted by atomic mass is 10.0. The summed E-state index contributed by atoms with van der Waals surface area (Å²) in [5, 5.41) is -1.66. The van der Waals surface area contributed by atoms with Crippen LogP contribution in [0.5, 0.6) is 0 Å². The third kappa shape index (κ3) is 3.82. The highest BCUT2D eigenvalue weighted by Crippen LogP contribution is 2.38. The molecule has 0 spiro atoms. The van der Waals surface area contributed by atoms with Gasteiger partial charge in [-0.1, -0.05) is 109 Å². The first kappa shape index (κ1) is 11.3. The van der Waals surface area contributed by atoms with Crippen molar-refractivity contribution in [3.8, 4) is 33.6 Å². The summed E-state index contributed by atoms with van der Waals surface area (Å²) in [6.07, 6.45) is 0. The zero-order chi connectivity index (χ0) is 48.2. The second-order valence-electron chi connectivity index (χ2n) is 9.69. The molecule has 2 heteroatoms. The minimum Gasteiger partial charge on any atom is -0.309 e. The average Bonchev–Trinajstić information content (AvgIpc) is 3.83. The number of rotatable bonds is 4. The Morgan fingerprint density at radius 3 is 1.57 bits per heavy atom. The third-order valence-electron chi connectivity index (χ3n) is 7.24. The highest BCUT2D eigenvalue weighted by atomic mass is 15.0. The molecule has 0 saturated carbocycles. The van der Waals surface area contributed by atoms with E-state index in [1.807, 2.05) is 0 Å². The SMILES string of the molecule is [2H]c1ccc(-c2cccc(-n3c4c([2H])c([2H])c([2H])c([2H])c4c4c([2H])c(-c5c([2H])c([2H])c6c(c5[2H])c5c([2H])c([2H])c([2H])c([2H])c5n6-c5c([2H])c([2H])c([2H])c([2H])c5[2H])c([2H])c([2H])c43)c2[2H])c([2H])c1. The number of aromatic nitrogens is 2. The van der Waals surface area contributed by atoms with Gasteiger partial charge in [-0.2, -0.15) is 0 Å². The summed E-state index contributed by atoms with van der Waals surface area (Å²) >= 11 is 0. The van der Waals surface area contributed by atoms with Crippen LogP contribution in [0.25, 0.3) is 77.2 Å². The van der Waals surface area contributed by atoms with Crippen LogP contribution >= 0.6 is 0 Å². The van der Waals surface area contributed by atoms with Gasteiger partial charge >= 0.3 is 0 Å². The van der Waals surface area contributed by atoms with Crippen molar-refractivity contribution in [2.75, 3.05) is 0 Å². The van der Waals surface area contributed by atoms with E-state index in [9.17, 15) is 9.60 Å². The molecular formula is C42H28N2. The Bertz CT molecular complexity index is 3710. The lowest BCUT2D eigenvalue weighted by Gasteiger charge is -2.11. The molecule has 0 unspecified atom stereocenters. The molecule has 0 aliphatic heterocycles. The van der Waals surface area contributed by atoms with Crippen molar-refractivity contribution < 1.29 is 30.2 Å². The van der Waals surface area contributed by atoms with E-state index in [0.29, 0.717) is 0 Å². The van der Waals surface area contributed by atoms with E-state index in [2.05, 4.69) is 0 Å². The minimum atomic E-state index is -0.906. The van der Waals surface area contributed by atoms with Crippen molar-refractivity contribution in [3.05, 3.63) is 169 Å². The molecule has 9 rings (SSSR count). The summed E-state index contributed by atoms with van der Waals surface area (Å²) in [4.78, 5) is 0. The standard InChI is InChI=1S/C42H28N2/c1-3-12-29(13-4-1)30-14-11-17-34(26-30)44-40-21-10-8-19-36(40)38-28-32(23-25-42(38)44)31-22-24-41-37(27-31)35-18-7-9-20-39(35)43(41)33-15-5-2-6-16-33/h1-28H/i1D,2D,5D,6D,7D,8D,9D,10D,12D,15D,16D,18D,19D,20D,21D,22D,23D,24D,25D,26D,27D,28D. The van der Waals surface area contributed by atoms with E-state index in [4.69, 9.17) is 20.6 Å². The fraction of sp³-hybridized carbons (Fsp3) is 0. The minimum absolute atomic E-state index is 0.0398. The third-order valence-corrected chi connectivity index (χ3v) is 7.24. The first-order valence-corrected chi connectivity index (χ1v) is 13.3. The highest BCUT2D eigenvalue weighted by Gasteiger charge is 2.16. The van der Waals surface area contributed by atoms with Gasteiger partial charge in [0.1, 0.15) is 0 Å². The molecule has 9 aromatic rings. The molecule has 0 aliphatic rings. The molecule has 2 nitrogen and oxygen atoms in total. The van der Waals surface area contributed by atoms with Crippen molar-refractivity contribution >= 4 is 43.6 Å². The summed E-state index contributed by atoms with van der Waals surface area (Å²) < 4.78 is 198. The quantitative estimate of drug-likeness (QED) is 0.195. The van der Waals surface area contributed by atoms with Gasteiger partial charge in [-0.3, -0.25) is 0 Å². The molecule has 0 aliphatic carbocycles. The van der Waals surface area contributed by atoms with Crippen molar-refractivity contribution in [3.63, 3.8) is 0 Å². The average molecular weight is 583 g/mol. The molecule has 0 fully saturated rings. The Labute approximate surface area is 286 Å². The molecule has 0 radical (unpaired) electrons. The maximum absolute atomic E-state index is 9.76. The number of nitrogens with zero attached hydrogens (tertiary/aromatic N) is 2. The van der Waals surface area contributed by atoms with Gasteiger partial charge in [0, 0.05) is 32.9 Å². The Balaban J connectivity index is 1.48. The van der Waals surface area contributed by atoms with Gasteiger partial charge in [-0.05, 0) is 82.7 Å². The maximum atomic E-state index is 9.76.